The van der Waals surface area contributed by atoms with Gasteiger partial charge in [-0.3, -0.25) is 0 Å². The molecule has 1 saturated heterocycles. The number of likely N-dealkylation sites (tertiary alicyclic amines) is 1. The lowest BCUT2D eigenvalue weighted by atomic mass is 9.94. The van der Waals surface area contributed by atoms with Gasteiger partial charge in [0.05, 0.1) is 13.2 Å². The van der Waals surface area contributed by atoms with Crippen LogP contribution in [0.15, 0.2) is 30.3 Å². The summed E-state index contributed by atoms with van der Waals surface area (Å²) in [4.78, 5) is 12.8. The molecule has 1 heterocycles. The maximum absolute atomic E-state index is 13.6. The van der Waals surface area contributed by atoms with Crippen molar-refractivity contribution in [3.63, 3.8) is 0 Å². The predicted molar refractivity (Wildman–Crippen MR) is 68.3 cm³/mol. The van der Waals surface area contributed by atoms with E-state index in [1.54, 1.807) is 12.1 Å². The number of hydrogen-bond donors (Lipinski definition) is 1. The Morgan fingerprint density at radius 3 is 2.70 bits per heavy atom. The molecule has 1 atom stereocenters. The standard InChI is InChI=1S/C14H17F2NO3/c15-14(16)10-17(7-6-12(14)8-18)13(19)20-9-11-4-2-1-3-5-11/h1-5,12,18H,6-10H2. The second-order valence-corrected chi connectivity index (χ2v) is 4.89. The molecule has 0 aliphatic carbocycles. The Kier molecular flexibility index (Phi) is 4.54. The van der Waals surface area contributed by atoms with Gasteiger partial charge in [0.25, 0.3) is 5.92 Å². The predicted octanol–water partition coefficient (Wildman–Crippen LogP) is 2.27. The molecule has 0 aromatic heterocycles. The molecule has 4 nitrogen and oxygen atoms in total. The Hall–Kier alpha value is -1.69. The lowest BCUT2D eigenvalue weighted by Crippen LogP contribution is -2.51. The minimum atomic E-state index is -3.07. The summed E-state index contributed by atoms with van der Waals surface area (Å²) < 4.78 is 32.3. The molecule has 20 heavy (non-hydrogen) atoms. The molecule has 6 heteroatoms. The van der Waals surface area contributed by atoms with Gasteiger partial charge in [0, 0.05) is 12.5 Å². The molecule has 0 saturated carbocycles. The molecular formula is C14H17F2NO3. The molecule has 1 aromatic carbocycles. The van der Waals surface area contributed by atoms with Crippen molar-refractivity contribution >= 4 is 6.09 Å². The zero-order valence-corrected chi connectivity index (χ0v) is 11.0. The van der Waals surface area contributed by atoms with E-state index >= 15 is 0 Å². The Labute approximate surface area is 116 Å². The van der Waals surface area contributed by atoms with Gasteiger partial charge in [-0.25, -0.2) is 13.6 Å². The minimum absolute atomic E-state index is 0.0607. The van der Waals surface area contributed by atoms with Crippen molar-refractivity contribution in [3.05, 3.63) is 35.9 Å². The van der Waals surface area contributed by atoms with Crippen LogP contribution in [0.3, 0.4) is 0 Å². The van der Waals surface area contributed by atoms with Gasteiger partial charge in [-0.2, -0.15) is 0 Å². The molecule has 1 unspecified atom stereocenters. The SMILES string of the molecule is O=C(OCc1ccccc1)N1CCC(CO)C(F)(F)C1. The fourth-order valence-electron chi connectivity index (χ4n) is 2.18. The molecule has 110 valence electrons. The van der Waals surface area contributed by atoms with Crippen molar-refractivity contribution in [1.82, 2.24) is 4.90 Å². The number of alkyl halides is 2. The highest BCUT2D eigenvalue weighted by atomic mass is 19.3. The lowest BCUT2D eigenvalue weighted by molar-refractivity contribution is -0.119. The van der Waals surface area contributed by atoms with Gasteiger partial charge < -0.3 is 14.7 Å². The van der Waals surface area contributed by atoms with E-state index in [4.69, 9.17) is 9.84 Å². The number of benzene rings is 1. The quantitative estimate of drug-likeness (QED) is 0.927. The largest absolute Gasteiger partial charge is 0.445 e. The number of ether oxygens (including phenoxy) is 1. The molecule has 1 aliphatic rings. The lowest BCUT2D eigenvalue weighted by Gasteiger charge is -2.36. The van der Waals surface area contributed by atoms with Crippen LogP contribution in [0.25, 0.3) is 0 Å². The maximum Gasteiger partial charge on any atom is 0.410 e. The van der Waals surface area contributed by atoms with Gasteiger partial charge in [0.15, 0.2) is 0 Å². The number of hydrogen-bond acceptors (Lipinski definition) is 3. The van der Waals surface area contributed by atoms with Crippen molar-refractivity contribution in [1.29, 1.82) is 0 Å². The summed E-state index contributed by atoms with van der Waals surface area (Å²) in [7, 11) is 0. The normalized spacial score (nSPS) is 21.6. The third-order valence-corrected chi connectivity index (χ3v) is 3.43. The van der Waals surface area contributed by atoms with Crippen LogP contribution in [0.2, 0.25) is 0 Å². The number of piperidine rings is 1. The topological polar surface area (TPSA) is 49.8 Å². The number of aliphatic hydroxyl groups is 1. The number of aliphatic hydroxyl groups excluding tert-OH is 1. The van der Waals surface area contributed by atoms with Gasteiger partial charge in [-0.1, -0.05) is 30.3 Å². The molecule has 0 bridgehead atoms. The van der Waals surface area contributed by atoms with Gasteiger partial charge in [-0.15, -0.1) is 0 Å². The highest BCUT2D eigenvalue weighted by Gasteiger charge is 2.45. The molecule has 0 radical (unpaired) electrons. The summed E-state index contributed by atoms with van der Waals surface area (Å²) in [5, 5.41) is 8.89. The van der Waals surface area contributed by atoms with Gasteiger partial charge in [0.2, 0.25) is 0 Å². The Morgan fingerprint density at radius 1 is 1.40 bits per heavy atom. The van der Waals surface area contributed by atoms with Crippen LogP contribution in [0.5, 0.6) is 0 Å². The summed E-state index contributed by atoms with van der Waals surface area (Å²) in [6.07, 6.45) is -0.672. The van der Waals surface area contributed by atoms with Crippen molar-refractivity contribution in [2.45, 2.75) is 19.0 Å². The van der Waals surface area contributed by atoms with E-state index in [1.165, 1.54) is 0 Å². The smallest absolute Gasteiger partial charge is 0.410 e. The summed E-state index contributed by atoms with van der Waals surface area (Å²) in [5.74, 6) is -4.15. The Balaban J connectivity index is 1.87. The number of carbonyl (C=O) groups excluding carboxylic acids is 1. The molecule has 1 aliphatic heterocycles. The van der Waals surface area contributed by atoms with E-state index < -0.39 is 31.1 Å². The first-order valence-corrected chi connectivity index (χ1v) is 6.47. The molecule has 2 rings (SSSR count). The number of halogens is 2. The van der Waals surface area contributed by atoms with Gasteiger partial charge >= 0.3 is 6.09 Å². The fourth-order valence-corrected chi connectivity index (χ4v) is 2.18. The van der Waals surface area contributed by atoms with Crippen molar-refractivity contribution < 1.29 is 23.4 Å². The maximum atomic E-state index is 13.6. The van der Waals surface area contributed by atoms with Crippen molar-refractivity contribution in [2.24, 2.45) is 5.92 Å². The van der Waals surface area contributed by atoms with E-state index in [0.29, 0.717) is 0 Å². The third-order valence-electron chi connectivity index (χ3n) is 3.43. The second-order valence-electron chi connectivity index (χ2n) is 4.89. The van der Waals surface area contributed by atoms with Crippen LogP contribution < -0.4 is 0 Å². The van der Waals surface area contributed by atoms with Crippen LogP contribution in [0.4, 0.5) is 13.6 Å². The van der Waals surface area contributed by atoms with Crippen molar-refractivity contribution in [2.75, 3.05) is 19.7 Å². The highest BCUT2D eigenvalue weighted by molar-refractivity contribution is 5.67. The van der Waals surface area contributed by atoms with E-state index in [9.17, 15) is 13.6 Å². The number of amides is 1. The average Bonchev–Trinajstić information content (AvgIpc) is 2.44. The monoisotopic (exact) mass is 285 g/mol. The van der Waals surface area contributed by atoms with Crippen LogP contribution in [0, 0.1) is 5.92 Å². The Morgan fingerprint density at radius 2 is 2.10 bits per heavy atom. The fraction of sp³-hybridized carbons (Fsp3) is 0.500. The molecule has 0 spiro atoms. The average molecular weight is 285 g/mol. The first kappa shape index (κ1) is 14.7. The minimum Gasteiger partial charge on any atom is -0.445 e. The molecular weight excluding hydrogens is 268 g/mol. The number of rotatable bonds is 3. The van der Waals surface area contributed by atoms with Crippen LogP contribution in [-0.2, 0) is 11.3 Å². The number of carbonyl (C=O) groups is 1. The van der Waals surface area contributed by atoms with Gasteiger partial charge in [-0.05, 0) is 12.0 Å². The molecule has 1 amide bonds. The number of nitrogens with zero attached hydrogens (tertiary/aromatic N) is 1. The van der Waals surface area contributed by atoms with E-state index in [-0.39, 0.29) is 19.6 Å². The highest BCUT2D eigenvalue weighted by Crippen LogP contribution is 2.32. The van der Waals surface area contributed by atoms with Crippen LogP contribution in [-0.4, -0.2) is 41.7 Å². The zero-order valence-electron chi connectivity index (χ0n) is 11.0. The summed E-state index contributed by atoms with van der Waals surface area (Å²) in [6, 6.07) is 9.04. The summed E-state index contributed by atoms with van der Waals surface area (Å²) in [5.41, 5.74) is 0.804. The molecule has 1 N–H and O–H groups in total. The summed E-state index contributed by atoms with van der Waals surface area (Å²) >= 11 is 0. The van der Waals surface area contributed by atoms with Crippen LogP contribution >= 0.6 is 0 Å². The van der Waals surface area contributed by atoms with Gasteiger partial charge in [0.1, 0.15) is 6.61 Å². The second kappa shape index (κ2) is 6.17. The third kappa shape index (κ3) is 3.45. The Bertz CT molecular complexity index is 453. The van der Waals surface area contributed by atoms with E-state index in [0.717, 1.165) is 10.5 Å². The molecule has 1 aromatic rings. The molecule has 1 fully saturated rings. The van der Waals surface area contributed by atoms with E-state index in [2.05, 4.69) is 0 Å². The zero-order chi connectivity index (χ0) is 14.6. The van der Waals surface area contributed by atoms with Crippen molar-refractivity contribution in [3.8, 4) is 0 Å². The van der Waals surface area contributed by atoms with E-state index in [1.807, 2.05) is 18.2 Å². The first-order chi connectivity index (χ1) is 9.53. The van der Waals surface area contributed by atoms with Crippen LogP contribution in [0.1, 0.15) is 12.0 Å². The first-order valence-electron chi connectivity index (χ1n) is 6.47. The summed E-state index contributed by atoms with van der Waals surface area (Å²) in [6.45, 7) is -1.04.